The lowest BCUT2D eigenvalue weighted by Gasteiger charge is -2.10. The van der Waals surface area contributed by atoms with Crippen molar-refractivity contribution < 1.29 is 14.3 Å². The second-order valence-electron chi connectivity index (χ2n) is 4.32. The number of halogens is 1. The summed E-state index contributed by atoms with van der Waals surface area (Å²) < 4.78 is 12.0. The van der Waals surface area contributed by atoms with Gasteiger partial charge in [-0.1, -0.05) is 11.6 Å². The fourth-order valence-electron chi connectivity index (χ4n) is 2.10. The molecular weight excluding hydrogens is 256 g/mol. The van der Waals surface area contributed by atoms with E-state index < -0.39 is 0 Å². The van der Waals surface area contributed by atoms with Gasteiger partial charge in [0.2, 0.25) is 0 Å². The van der Waals surface area contributed by atoms with Crippen LogP contribution >= 0.6 is 11.6 Å². The molecule has 0 radical (unpaired) electrons. The second kappa shape index (κ2) is 6.31. The minimum absolute atomic E-state index is 0.0134. The third-order valence-corrected chi connectivity index (χ3v) is 3.28. The van der Waals surface area contributed by atoms with Crippen molar-refractivity contribution in [2.75, 3.05) is 20.3 Å². The summed E-state index contributed by atoms with van der Waals surface area (Å²) in [6.07, 6.45) is 3.86. The maximum Gasteiger partial charge on any atom is 0.184 e. The molecule has 0 bridgehead atoms. The monoisotopic (exact) mass is 272 g/mol. The molecule has 0 saturated carbocycles. The molecule has 1 aliphatic heterocycles. The Bertz CT molecular complexity index is 413. The van der Waals surface area contributed by atoms with Crippen LogP contribution in [-0.4, -0.2) is 42.0 Å². The number of Topliss-reactive ketones (excluding diaryl/α,β-unsaturated/α-hetero) is 1. The highest BCUT2D eigenvalue weighted by atomic mass is 35.5. The van der Waals surface area contributed by atoms with Crippen LogP contribution in [0, 0.1) is 0 Å². The van der Waals surface area contributed by atoms with Gasteiger partial charge in [-0.05, 0) is 12.8 Å². The zero-order valence-electron chi connectivity index (χ0n) is 10.4. The number of ether oxygens (including phenoxy) is 2. The molecule has 5 nitrogen and oxygen atoms in total. The van der Waals surface area contributed by atoms with Crippen LogP contribution in [0.15, 0.2) is 6.20 Å². The molecule has 0 N–H and O–H groups in total. The molecule has 1 atom stereocenters. The van der Waals surface area contributed by atoms with E-state index in [0.29, 0.717) is 30.3 Å². The van der Waals surface area contributed by atoms with Crippen LogP contribution < -0.4 is 0 Å². The number of ketones is 1. The van der Waals surface area contributed by atoms with E-state index in [-0.39, 0.29) is 11.9 Å². The van der Waals surface area contributed by atoms with Gasteiger partial charge in [0.1, 0.15) is 5.69 Å². The van der Waals surface area contributed by atoms with Gasteiger partial charge in [-0.2, -0.15) is 5.10 Å². The highest BCUT2D eigenvalue weighted by Crippen LogP contribution is 2.22. The van der Waals surface area contributed by atoms with Crippen LogP contribution in [0.1, 0.15) is 29.8 Å². The fraction of sp³-hybridized carbons (Fsp3) is 0.667. The van der Waals surface area contributed by atoms with Crippen molar-refractivity contribution >= 4 is 17.4 Å². The third-order valence-electron chi connectivity index (χ3n) is 3.00. The zero-order valence-corrected chi connectivity index (χ0v) is 11.2. The van der Waals surface area contributed by atoms with Crippen molar-refractivity contribution in [3.63, 3.8) is 0 Å². The fourth-order valence-corrected chi connectivity index (χ4v) is 2.34. The topological polar surface area (TPSA) is 53.4 Å². The maximum absolute atomic E-state index is 12.2. The third kappa shape index (κ3) is 3.10. The molecule has 1 aromatic rings. The molecular formula is C12H17ClN2O3. The first-order chi connectivity index (χ1) is 8.72. The van der Waals surface area contributed by atoms with E-state index in [0.717, 1.165) is 19.4 Å². The molecule has 1 fully saturated rings. The molecule has 0 aromatic carbocycles. The molecule has 0 spiro atoms. The summed E-state index contributed by atoms with van der Waals surface area (Å²) >= 11 is 6.02. The zero-order chi connectivity index (χ0) is 13.0. The molecule has 1 aromatic heterocycles. The van der Waals surface area contributed by atoms with E-state index in [4.69, 9.17) is 21.1 Å². The summed E-state index contributed by atoms with van der Waals surface area (Å²) in [6.45, 7) is 1.77. The molecule has 2 heterocycles. The highest BCUT2D eigenvalue weighted by molar-refractivity contribution is 6.33. The Labute approximate surface area is 111 Å². The lowest BCUT2D eigenvalue weighted by molar-refractivity contribution is 0.0765. The highest BCUT2D eigenvalue weighted by Gasteiger charge is 2.24. The van der Waals surface area contributed by atoms with Gasteiger partial charge in [-0.25, -0.2) is 0 Å². The van der Waals surface area contributed by atoms with Crippen molar-refractivity contribution in [2.45, 2.75) is 31.9 Å². The largest absolute Gasteiger partial charge is 0.383 e. The van der Waals surface area contributed by atoms with E-state index in [2.05, 4.69) is 5.10 Å². The molecule has 0 amide bonds. The maximum atomic E-state index is 12.2. The van der Waals surface area contributed by atoms with Crippen LogP contribution in [0.4, 0.5) is 0 Å². The van der Waals surface area contributed by atoms with Gasteiger partial charge in [0, 0.05) is 20.1 Å². The van der Waals surface area contributed by atoms with Crippen LogP contribution in [0.2, 0.25) is 5.02 Å². The number of aromatic nitrogens is 2. The number of nitrogens with zero attached hydrogens (tertiary/aromatic N) is 2. The summed E-state index contributed by atoms with van der Waals surface area (Å²) in [5.41, 5.74) is 0.462. The predicted octanol–water partition coefficient (Wildman–Crippen LogP) is 1.93. The van der Waals surface area contributed by atoms with E-state index in [1.165, 1.54) is 6.20 Å². The number of hydrogen-bond acceptors (Lipinski definition) is 4. The summed E-state index contributed by atoms with van der Waals surface area (Å²) in [6, 6.07) is 0. The van der Waals surface area contributed by atoms with Crippen LogP contribution in [0.3, 0.4) is 0 Å². The first kappa shape index (κ1) is 13.5. The average Bonchev–Trinajstić information content (AvgIpc) is 2.96. The Hall–Kier alpha value is -0.910. The number of rotatable bonds is 6. The van der Waals surface area contributed by atoms with Crippen molar-refractivity contribution in [2.24, 2.45) is 0 Å². The smallest absolute Gasteiger partial charge is 0.184 e. The normalized spacial score (nSPS) is 19.3. The number of hydrogen-bond donors (Lipinski definition) is 0. The molecule has 6 heteroatoms. The number of carbonyl (C=O) groups is 1. The Morgan fingerprint density at radius 3 is 3.22 bits per heavy atom. The second-order valence-corrected chi connectivity index (χ2v) is 4.73. The van der Waals surface area contributed by atoms with E-state index >= 15 is 0 Å². The standard InChI is InChI=1S/C12H17ClN2O3/c1-17-6-4-15-12(10(13)8-14-15)11(16)7-9-3-2-5-18-9/h8-9H,2-7H2,1H3. The minimum atomic E-state index is -0.0134. The molecule has 18 heavy (non-hydrogen) atoms. The molecule has 1 unspecified atom stereocenters. The van der Waals surface area contributed by atoms with Gasteiger partial charge in [-0.3, -0.25) is 9.48 Å². The first-order valence-electron chi connectivity index (χ1n) is 6.07. The van der Waals surface area contributed by atoms with Gasteiger partial charge in [-0.15, -0.1) is 0 Å². The summed E-state index contributed by atoms with van der Waals surface area (Å²) in [7, 11) is 1.61. The molecule has 2 rings (SSSR count). The van der Waals surface area contributed by atoms with Crippen LogP contribution in [0.25, 0.3) is 0 Å². The van der Waals surface area contributed by atoms with Gasteiger partial charge >= 0.3 is 0 Å². The summed E-state index contributed by atoms with van der Waals surface area (Å²) in [4.78, 5) is 12.2. The quantitative estimate of drug-likeness (QED) is 0.743. The van der Waals surface area contributed by atoms with Gasteiger partial charge in [0.15, 0.2) is 5.78 Å². The number of methoxy groups -OCH3 is 1. The summed E-state index contributed by atoms with van der Waals surface area (Å²) in [5.74, 6) is -0.0134. The Morgan fingerprint density at radius 2 is 2.56 bits per heavy atom. The van der Waals surface area contributed by atoms with E-state index in [9.17, 15) is 4.79 Å². The molecule has 0 aliphatic carbocycles. The Kier molecular flexibility index (Phi) is 4.74. The van der Waals surface area contributed by atoms with Crippen LogP contribution in [0.5, 0.6) is 0 Å². The SMILES string of the molecule is COCCn1ncc(Cl)c1C(=O)CC1CCCO1. The first-order valence-corrected chi connectivity index (χ1v) is 6.45. The van der Waals surface area contributed by atoms with Gasteiger partial charge in [0.05, 0.1) is 30.5 Å². The van der Waals surface area contributed by atoms with E-state index in [1.807, 2.05) is 0 Å². The molecule has 1 saturated heterocycles. The van der Waals surface area contributed by atoms with Crippen molar-refractivity contribution in [1.82, 2.24) is 9.78 Å². The lowest BCUT2D eigenvalue weighted by atomic mass is 10.1. The van der Waals surface area contributed by atoms with Crippen LogP contribution in [-0.2, 0) is 16.0 Å². The minimum Gasteiger partial charge on any atom is -0.383 e. The summed E-state index contributed by atoms with van der Waals surface area (Å²) in [5, 5.41) is 4.49. The predicted molar refractivity (Wildman–Crippen MR) is 67.0 cm³/mol. The lowest BCUT2D eigenvalue weighted by Crippen LogP contribution is -2.18. The van der Waals surface area contributed by atoms with Gasteiger partial charge in [0.25, 0.3) is 0 Å². The Morgan fingerprint density at radius 1 is 1.72 bits per heavy atom. The molecule has 1 aliphatic rings. The van der Waals surface area contributed by atoms with Crippen molar-refractivity contribution in [3.05, 3.63) is 16.9 Å². The molecule has 100 valence electrons. The van der Waals surface area contributed by atoms with Gasteiger partial charge < -0.3 is 9.47 Å². The van der Waals surface area contributed by atoms with Crippen molar-refractivity contribution in [1.29, 1.82) is 0 Å². The van der Waals surface area contributed by atoms with E-state index in [1.54, 1.807) is 11.8 Å². The average molecular weight is 273 g/mol. The Balaban J connectivity index is 2.05. The number of carbonyl (C=O) groups excluding carboxylic acids is 1. The van der Waals surface area contributed by atoms with Crippen molar-refractivity contribution in [3.8, 4) is 0 Å².